The van der Waals surface area contributed by atoms with Crippen LogP contribution in [0.2, 0.25) is 5.02 Å². The van der Waals surface area contributed by atoms with Gasteiger partial charge in [-0.05, 0) is 36.8 Å². The molecule has 1 aromatic carbocycles. The van der Waals surface area contributed by atoms with Gasteiger partial charge in [-0.15, -0.1) is 0 Å². The number of halogens is 1. The lowest BCUT2D eigenvalue weighted by Crippen LogP contribution is -2.29. The van der Waals surface area contributed by atoms with E-state index in [1.807, 2.05) is 6.92 Å². The van der Waals surface area contributed by atoms with Gasteiger partial charge < -0.3 is 15.7 Å². The first-order valence-electron chi connectivity index (χ1n) is 5.99. The molecule has 0 saturated heterocycles. The van der Waals surface area contributed by atoms with Crippen LogP contribution in [-0.4, -0.2) is 21.9 Å². The number of nitrogens with one attached hydrogen (secondary N) is 2. The average Bonchev–Trinajstić information content (AvgIpc) is 2.45. The number of benzene rings is 1. The van der Waals surface area contributed by atoms with Crippen LogP contribution in [0.25, 0.3) is 0 Å². The molecule has 1 heterocycles. The highest BCUT2D eigenvalue weighted by atomic mass is 35.5. The average molecular weight is 306 g/mol. The molecule has 2 rings (SSSR count). The highest BCUT2D eigenvalue weighted by Gasteiger charge is 2.16. The van der Waals surface area contributed by atoms with Crippen LogP contribution >= 0.6 is 11.6 Å². The summed E-state index contributed by atoms with van der Waals surface area (Å²) >= 11 is 5.75. The Kier molecular flexibility index (Phi) is 4.39. The molecule has 7 heteroatoms. The molecular formula is C14H12ClN3O3. The molecule has 2 amide bonds. The van der Waals surface area contributed by atoms with E-state index >= 15 is 0 Å². The minimum Gasteiger partial charge on any atom is -0.506 e. The lowest BCUT2D eigenvalue weighted by Gasteiger charge is -2.08. The number of aryl methyl sites for hydroxylation is 1. The molecule has 0 aliphatic rings. The van der Waals surface area contributed by atoms with Gasteiger partial charge in [0.2, 0.25) is 0 Å². The van der Waals surface area contributed by atoms with E-state index in [9.17, 15) is 14.7 Å². The minimum atomic E-state index is -0.935. The first-order valence-corrected chi connectivity index (χ1v) is 6.37. The number of rotatable bonds is 2. The van der Waals surface area contributed by atoms with Gasteiger partial charge in [-0.3, -0.25) is 9.59 Å². The van der Waals surface area contributed by atoms with Crippen LogP contribution in [-0.2, 0) is 9.59 Å². The van der Waals surface area contributed by atoms with Gasteiger partial charge in [0, 0.05) is 11.2 Å². The number of nitrogens with zero attached hydrogens (tertiary/aromatic N) is 1. The predicted molar refractivity (Wildman–Crippen MR) is 79.4 cm³/mol. The van der Waals surface area contributed by atoms with E-state index in [-0.39, 0.29) is 17.3 Å². The van der Waals surface area contributed by atoms with Crippen molar-refractivity contribution >= 4 is 34.9 Å². The summed E-state index contributed by atoms with van der Waals surface area (Å²) in [5.41, 5.74) is 0.987. The zero-order valence-corrected chi connectivity index (χ0v) is 11.8. The Balaban J connectivity index is 2.04. The van der Waals surface area contributed by atoms with Gasteiger partial charge in [-0.25, -0.2) is 4.98 Å². The number of aromatic hydroxyl groups is 1. The smallest absolute Gasteiger partial charge is 0.315 e. The molecular weight excluding hydrogens is 294 g/mol. The lowest BCUT2D eigenvalue weighted by molar-refractivity contribution is -0.133. The third kappa shape index (κ3) is 3.93. The van der Waals surface area contributed by atoms with E-state index in [4.69, 9.17) is 11.6 Å². The fraction of sp³-hybridized carbons (Fsp3) is 0.0714. The van der Waals surface area contributed by atoms with E-state index in [1.54, 1.807) is 18.3 Å². The summed E-state index contributed by atoms with van der Waals surface area (Å²) in [5.74, 6) is -1.76. The van der Waals surface area contributed by atoms with Crippen molar-refractivity contribution in [1.29, 1.82) is 0 Å². The number of hydrogen-bond acceptors (Lipinski definition) is 4. The quantitative estimate of drug-likeness (QED) is 0.586. The van der Waals surface area contributed by atoms with Gasteiger partial charge in [0.25, 0.3) is 0 Å². The Bertz CT molecular complexity index is 686. The highest BCUT2D eigenvalue weighted by molar-refractivity contribution is 6.43. The molecule has 6 nitrogen and oxygen atoms in total. The maximum atomic E-state index is 11.7. The Hall–Kier alpha value is -2.60. The maximum Gasteiger partial charge on any atom is 0.315 e. The van der Waals surface area contributed by atoms with E-state index < -0.39 is 11.8 Å². The first kappa shape index (κ1) is 14.8. The minimum absolute atomic E-state index is 0.0551. The Morgan fingerprint density at radius 3 is 2.52 bits per heavy atom. The molecule has 0 aliphatic carbocycles. The monoisotopic (exact) mass is 305 g/mol. The van der Waals surface area contributed by atoms with Gasteiger partial charge >= 0.3 is 11.8 Å². The van der Waals surface area contributed by atoms with Crippen LogP contribution in [0.3, 0.4) is 0 Å². The summed E-state index contributed by atoms with van der Waals surface area (Å²) in [6, 6.07) is 7.45. The van der Waals surface area contributed by atoms with Crippen molar-refractivity contribution in [1.82, 2.24) is 4.98 Å². The van der Waals surface area contributed by atoms with Crippen LogP contribution in [0.1, 0.15) is 5.56 Å². The van der Waals surface area contributed by atoms with Crippen molar-refractivity contribution in [3.63, 3.8) is 0 Å². The molecule has 0 fully saturated rings. The van der Waals surface area contributed by atoms with E-state index in [1.165, 1.54) is 18.2 Å². The molecule has 0 radical (unpaired) electrons. The summed E-state index contributed by atoms with van der Waals surface area (Å²) in [7, 11) is 0. The van der Waals surface area contributed by atoms with Crippen molar-refractivity contribution < 1.29 is 14.7 Å². The molecule has 0 bridgehead atoms. The van der Waals surface area contributed by atoms with Gasteiger partial charge in [0.15, 0.2) is 0 Å². The topological polar surface area (TPSA) is 91.3 Å². The van der Waals surface area contributed by atoms with Crippen LogP contribution < -0.4 is 10.6 Å². The number of carbonyl (C=O) groups is 2. The zero-order chi connectivity index (χ0) is 15.4. The summed E-state index contributed by atoms with van der Waals surface area (Å²) in [5, 5.41) is 14.5. The fourth-order valence-corrected chi connectivity index (χ4v) is 1.67. The number of phenolic OH excluding ortho intramolecular Hbond substituents is 1. The summed E-state index contributed by atoms with van der Waals surface area (Å²) in [6.45, 7) is 1.85. The van der Waals surface area contributed by atoms with Gasteiger partial charge in [-0.1, -0.05) is 17.7 Å². The lowest BCUT2D eigenvalue weighted by atomic mass is 10.3. The van der Waals surface area contributed by atoms with Crippen LogP contribution in [0.5, 0.6) is 5.75 Å². The third-order valence-corrected chi connectivity index (χ3v) is 2.80. The summed E-state index contributed by atoms with van der Waals surface area (Å²) in [6.07, 6.45) is 1.57. The standard InChI is InChI=1S/C14H12ClN3O3/c1-8-2-5-12(16-7-8)18-14(21)13(20)17-10-6-9(15)3-4-11(10)19/h2-7,19H,1H3,(H,17,20)(H,16,18,21). The van der Waals surface area contributed by atoms with E-state index in [2.05, 4.69) is 15.6 Å². The molecule has 0 atom stereocenters. The fourth-order valence-electron chi connectivity index (χ4n) is 1.50. The number of amides is 2. The van der Waals surface area contributed by atoms with Gasteiger partial charge in [-0.2, -0.15) is 0 Å². The molecule has 1 aromatic heterocycles. The van der Waals surface area contributed by atoms with Crippen molar-refractivity contribution in [2.45, 2.75) is 6.92 Å². The number of pyridine rings is 1. The third-order valence-electron chi connectivity index (χ3n) is 2.57. The predicted octanol–water partition coefficient (Wildman–Crippen LogP) is 2.33. The van der Waals surface area contributed by atoms with Crippen LogP contribution in [0, 0.1) is 6.92 Å². The van der Waals surface area contributed by atoms with Crippen LogP contribution in [0.15, 0.2) is 36.5 Å². The van der Waals surface area contributed by atoms with Crippen molar-refractivity contribution in [3.8, 4) is 5.75 Å². The normalized spacial score (nSPS) is 10.0. The first-order chi connectivity index (χ1) is 9.95. The zero-order valence-electron chi connectivity index (χ0n) is 11.1. The Morgan fingerprint density at radius 1 is 1.14 bits per heavy atom. The summed E-state index contributed by atoms with van der Waals surface area (Å²) < 4.78 is 0. The van der Waals surface area contributed by atoms with E-state index in [0.29, 0.717) is 5.02 Å². The van der Waals surface area contributed by atoms with Gasteiger partial charge in [0.1, 0.15) is 11.6 Å². The number of aromatic nitrogens is 1. The second-order valence-corrected chi connectivity index (χ2v) is 4.73. The number of hydrogen-bond donors (Lipinski definition) is 3. The Morgan fingerprint density at radius 2 is 1.86 bits per heavy atom. The molecule has 0 saturated carbocycles. The van der Waals surface area contributed by atoms with Crippen molar-refractivity contribution in [2.75, 3.05) is 10.6 Å². The molecule has 3 N–H and O–H groups in total. The van der Waals surface area contributed by atoms with Crippen LogP contribution in [0.4, 0.5) is 11.5 Å². The maximum absolute atomic E-state index is 11.7. The molecule has 108 valence electrons. The largest absolute Gasteiger partial charge is 0.506 e. The molecule has 0 aliphatic heterocycles. The van der Waals surface area contributed by atoms with E-state index in [0.717, 1.165) is 5.56 Å². The second-order valence-electron chi connectivity index (χ2n) is 4.29. The molecule has 21 heavy (non-hydrogen) atoms. The Labute approximate surface area is 125 Å². The number of anilines is 2. The second kappa shape index (κ2) is 6.23. The molecule has 0 spiro atoms. The summed E-state index contributed by atoms with van der Waals surface area (Å²) in [4.78, 5) is 27.4. The van der Waals surface area contributed by atoms with Crippen molar-refractivity contribution in [3.05, 3.63) is 47.1 Å². The number of carbonyl (C=O) groups excluding carboxylic acids is 2. The SMILES string of the molecule is Cc1ccc(NC(=O)C(=O)Nc2cc(Cl)ccc2O)nc1. The van der Waals surface area contributed by atoms with Gasteiger partial charge in [0.05, 0.1) is 5.69 Å². The highest BCUT2D eigenvalue weighted by Crippen LogP contribution is 2.26. The molecule has 2 aromatic rings. The number of phenols is 1. The molecule has 0 unspecified atom stereocenters. The van der Waals surface area contributed by atoms with Crippen molar-refractivity contribution in [2.24, 2.45) is 0 Å².